The van der Waals surface area contributed by atoms with Gasteiger partial charge in [0.15, 0.2) is 17.3 Å². The number of rotatable bonds is 3. The lowest BCUT2D eigenvalue weighted by Crippen LogP contribution is -2.25. The van der Waals surface area contributed by atoms with Crippen molar-refractivity contribution >= 4 is 17.4 Å². The number of hydrogen-bond acceptors (Lipinski definition) is 5. The zero-order valence-electron chi connectivity index (χ0n) is 9.58. The first-order valence-electron chi connectivity index (χ1n) is 5.24. The maximum Gasteiger partial charge on any atom is 0.348 e. The minimum Gasteiger partial charge on any atom is -0.504 e. The predicted molar refractivity (Wildman–Crippen MR) is 67.6 cm³/mol. The highest BCUT2D eigenvalue weighted by Gasteiger charge is 2.11. The van der Waals surface area contributed by atoms with Gasteiger partial charge in [0.05, 0.1) is 17.8 Å². The van der Waals surface area contributed by atoms with Crippen LogP contribution in [0.25, 0.3) is 0 Å². The molecule has 0 saturated carbocycles. The van der Waals surface area contributed by atoms with Gasteiger partial charge < -0.3 is 10.2 Å². The Kier molecular flexibility index (Phi) is 3.52. The Morgan fingerprint density at radius 3 is 2.74 bits per heavy atom. The molecule has 1 aromatic carbocycles. The Labute approximate surface area is 112 Å². The number of nitrogens with zero attached hydrogens (tertiary/aromatic N) is 2. The second-order valence-corrected chi connectivity index (χ2v) is 4.25. The van der Waals surface area contributed by atoms with Crippen LogP contribution in [0.3, 0.4) is 0 Å². The molecule has 1 aromatic heterocycles. The number of ketones is 1. The van der Waals surface area contributed by atoms with Crippen LogP contribution in [-0.4, -0.2) is 25.5 Å². The molecule has 0 aliphatic heterocycles. The highest BCUT2D eigenvalue weighted by molar-refractivity contribution is 6.30. The number of halogens is 1. The SMILES string of the molecule is O=C(Cn1cc(Cl)cnc1=O)c1ccc(O)c(O)c1. The molecule has 0 fully saturated rings. The van der Waals surface area contributed by atoms with Crippen LogP contribution in [0.5, 0.6) is 11.5 Å². The van der Waals surface area contributed by atoms with E-state index in [0.717, 1.165) is 10.6 Å². The zero-order chi connectivity index (χ0) is 14.0. The molecule has 0 radical (unpaired) electrons. The fourth-order valence-electron chi connectivity index (χ4n) is 1.48. The summed E-state index contributed by atoms with van der Waals surface area (Å²) in [6.07, 6.45) is 2.49. The van der Waals surface area contributed by atoms with Gasteiger partial charge in [0, 0.05) is 11.8 Å². The molecule has 19 heavy (non-hydrogen) atoms. The van der Waals surface area contributed by atoms with Gasteiger partial charge in [-0.1, -0.05) is 11.6 Å². The molecule has 0 aliphatic carbocycles. The van der Waals surface area contributed by atoms with E-state index in [1.165, 1.54) is 24.5 Å². The molecule has 0 spiro atoms. The number of phenolic OH excluding ortho intramolecular Hbond substituents is 2. The molecule has 6 nitrogen and oxygen atoms in total. The van der Waals surface area contributed by atoms with E-state index >= 15 is 0 Å². The van der Waals surface area contributed by atoms with Crippen molar-refractivity contribution in [2.45, 2.75) is 6.54 Å². The maximum absolute atomic E-state index is 11.9. The lowest BCUT2D eigenvalue weighted by Gasteiger charge is -2.05. The fourth-order valence-corrected chi connectivity index (χ4v) is 1.65. The van der Waals surface area contributed by atoms with E-state index in [0.29, 0.717) is 0 Å². The minimum atomic E-state index is -0.597. The van der Waals surface area contributed by atoms with Crippen molar-refractivity contribution < 1.29 is 15.0 Å². The lowest BCUT2D eigenvalue weighted by molar-refractivity contribution is 0.0970. The van der Waals surface area contributed by atoms with Crippen molar-refractivity contribution in [1.82, 2.24) is 9.55 Å². The van der Waals surface area contributed by atoms with Crippen LogP contribution in [0.1, 0.15) is 10.4 Å². The summed E-state index contributed by atoms with van der Waals surface area (Å²) in [5, 5.41) is 18.7. The Morgan fingerprint density at radius 1 is 1.32 bits per heavy atom. The van der Waals surface area contributed by atoms with Crippen LogP contribution in [0.4, 0.5) is 0 Å². The summed E-state index contributed by atoms with van der Waals surface area (Å²) in [6, 6.07) is 3.67. The van der Waals surface area contributed by atoms with Gasteiger partial charge in [-0.25, -0.2) is 9.78 Å². The number of phenols is 2. The molecule has 1 heterocycles. The molecule has 0 aliphatic rings. The fraction of sp³-hybridized carbons (Fsp3) is 0.0833. The van der Waals surface area contributed by atoms with Gasteiger partial charge in [-0.05, 0) is 18.2 Å². The summed E-state index contributed by atoms with van der Waals surface area (Å²) in [6.45, 7) is -0.253. The average molecular weight is 281 g/mol. The summed E-state index contributed by atoms with van der Waals surface area (Å²) >= 11 is 5.69. The summed E-state index contributed by atoms with van der Waals surface area (Å²) < 4.78 is 1.06. The Morgan fingerprint density at radius 2 is 2.05 bits per heavy atom. The number of aromatic nitrogens is 2. The summed E-state index contributed by atoms with van der Waals surface area (Å²) in [5.74, 6) is -1.14. The molecule has 0 amide bonds. The van der Waals surface area contributed by atoms with Crippen molar-refractivity contribution in [1.29, 1.82) is 0 Å². The third-order valence-electron chi connectivity index (χ3n) is 2.43. The monoisotopic (exact) mass is 280 g/mol. The van der Waals surface area contributed by atoms with E-state index < -0.39 is 17.2 Å². The van der Waals surface area contributed by atoms with Gasteiger partial charge in [0.1, 0.15) is 0 Å². The van der Waals surface area contributed by atoms with Gasteiger partial charge in [-0.15, -0.1) is 0 Å². The van der Waals surface area contributed by atoms with Crippen LogP contribution in [0.2, 0.25) is 5.02 Å². The van der Waals surface area contributed by atoms with Crippen molar-refractivity contribution in [3.05, 3.63) is 51.7 Å². The number of aromatic hydroxyl groups is 2. The van der Waals surface area contributed by atoms with E-state index in [-0.39, 0.29) is 22.9 Å². The standard InChI is InChI=1S/C12H9ClN2O4/c13-8-4-14-12(19)15(5-8)6-11(18)7-1-2-9(16)10(17)3-7/h1-5,16-17H,6H2. The molecular weight excluding hydrogens is 272 g/mol. The molecule has 0 unspecified atom stereocenters. The first-order valence-corrected chi connectivity index (χ1v) is 5.62. The molecular formula is C12H9ClN2O4. The van der Waals surface area contributed by atoms with Crippen LogP contribution in [0.15, 0.2) is 35.4 Å². The smallest absolute Gasteiger partial charge is 0.348 e. The van der Waals surface area contributed by atoms with E-state index in [1.807, 2.05) is 0 Å². The average Bonchev–Trinajstić information content (AvgIpc) is 2.37. The number of hydrogen-bond donors (Lipinski definition) is 2. The minimum absolute atomic E-state index is 0.169. The highest BCUT2D eigenvalue weighted by atomic mass is 35.5. The Balaban J connectivity index is 2.28. The molecule has 2 aromatic rings. The molecule has 0 bridgehead atoms. The summed E-state index contributed by atoms with van der Waals surface area (Å²) in [5.41, 5.74) is -0.428. The van der Waals surface area contributed by atoms with Gasteiger partial charge in [-0.3, -0.25) is 9.36 Å². The van der Waals surface area contributed by atoms with Gasteiger partial charge >= 0.3 is 5.69 Å². The largest absolute Gasteiger partial charge is 0.504 e. The summed E-state index contributed by atoms with van der Waals surface area (Å²) in [7, 11) is 0. The van der Waals surface area contributed by atoms with E-state index in [9.17, 15) is 14.7 Å². The number of Topliss-reactive ketones (excluding diaryl/α,β-unsaturated/α-hetero) is 1. The molecule has 2 N–H and O–H groups in total. The quantitative estimate of drug-likeness (QED) is 0.651. The van der Waals surface area contributed by atoms with Crippen molar-refractivity contribution in [3.8, 4) is 11.5 Å². The number of carbonyl (C=O) groups excluding carboxylic acids is 1. The Bertz CT molecular complexity index is 696. The van der Waals surface area contributed by atoms with Crippen LogP contribution in [0, 0.1) is 0 Å². The summed E-state index contributed by atoms with van der Waals surface area (Å²) in [4.78, 5) is 26.8. The van der Waals surface area contributed by atoms with Crippen LogP contribution >= 0.6 is 11.6 Å². The topological polar surface area (TPSA) is 92.4 Å². The van der Waals surface area contributed by atoms with E-state index in [2.05, 4.69) is 4.98 Å². The molecule has 0 atom stereocenters. The van der Waals surface area contributed by atoms with Gasteiger partial charge in [-0.2, -0.15) is 0 Å². The van der Waals surface area contributed by atoms with Gasteiger partial charge in [0.2, 0.25) is 0 Å². The molecule has 7 heteroatoms. The van der Waals surface area contributed by atoms with E-state index in [1.54, 1.807) is 0 Å². The van der Waals surface area contributed by atoms with Crippen molar-refractivity contribution in [2.75, 3.05) is 0 Å². The number of benzene rings is 1. The normalized spacial score (nSPS) is 10.4. The predicted octanol–water partition coefficient (Wildman–Crippen LogP) is 1.19. The molecule has 2 rings (SSSR count). The molecule has 98 valence electrons. The Hall–Kier alpha value is -2.34. The van der Waals surface area contributed by atoms with Crippen molar-refractivity contribution in [2.24, 2.45) is 0 Å². The van der Waals surface area contributed by atoms with Crippen LogP contribution < -0.4 is 5.69 Å². The second-order valence-electron chi connectivity index (χ2n) is 3.81. The second kappa shape index (κ2) is 5.11. The number of carbonyl (C=O) groups is 1. The first-order chi connectivity index (χ1) is 8.97. The lowest BCUT2D eigenvalue weighted by atomic mass is 10.1. The third kappa shape index (κ3) is 2.92. The highest BCUT2D eigenvalue weighted by Crippen LogP contribution is 2.25. The zero-order valence-corrected chi connectivity index (χ0v) is 10.3. The third-order valence-corrected chi connectivity index (χ3v) is 2.63. The van der Waals surface area contributed by atoms with E-state index in [4.69, 9.17) is 16.7 Å². The van der Waals surface area contributed by atoms with Gasteiger partial charge in [0.25, 0.3) is 0 Å². The molecule has 0 saturated heterocycles. The maximum atomic E-state index is 11.9. The van der Waals surface area contributed by atoms with Crippen molar-refractivity contribution in [3.63, 3.8) is 0 Å². The first kappa shape index (κ1) is 13.1. The van der Waals surface area contributed by atoms with Crippen LogP contribution in [-0.2, 0) is 6.54 Å².